The van der Waals surface area contributed by atoms with Crippen molar-refractivity contribution in [2.75, 3.05) is 13.3 Å². The number of hydrogen-bond acceptors (Lipinski definition) is 4. The molecule has 2 aromatic carbocycles. The quantitative estimate of drug-likeness (QED) is 0.584. The van der Waals surface area contributed by atoms with Gasteiger partial charge in [0.05, 0.1) is 17.4 Å². The lowest BCUT2D eigenvalue weighted by Gasteiger charge is -2.14. The highest BCUT2D eigenvalue weighted by molar-refractivity contribution is 7.89. The molecule has 0 atom stereocenters. The number of rotatable bonds is 6. The van der Waals surface area contributed by atoms with E-state index in [2.05, 4.69) is 21.7 Å². The lowest BCUT2D eigenvalue weighted by molar-refractivity contribution is 0.599. The molecule has 0 saturated heterocycles. The van der Waals surface area contributed by atoms with Crippen LogP contribution in [0.4, 0.5) is 4.39 Å². The van der Waals surface area contributed by atoms with Crippen LogP contribution in [0.3, 0.4) is 0 Å². The molecule has 0 unspecified atom stereocenters. The molecule has 0 radical (unpaired) electrons. The van der Waals surface area contributed by atoms with Crippen molar-refractivity contribution in [2.24, 2.45) is 4.99 Å². The van der Waals surface area contributed by atoms with Crippen LogP contribution in [0.5, 0.6) is 0 Å². The summed E-state index contributed by atoms with van der Waals surface area (Å²) >= 11 is 0. The van der Waals surface area contributed by atoms with Crippen LogP contribution >= 0.6 is 0 Å². The molecule has 0 heterocycles. The summed E-state index contributed by atoms with van der Waals surface area (Å²) in [5.41, 5.74) is 2.67. The summed E-state index contributed by atoms with van der Waals surface area (Å²) < 4.78 is 36.7. The Morgan fingerprint density at radius 1 is 1.11 bits per heavy atom. The molecule has 0 amide bonds. The second-order valence-corrected chi connectivity index (χ2v) is 8.21. The minimum Gasteiger partial charge on any atom is -0.352 e. The van der Waals surface area contributed by atoms with E-state index in [-0.39, 0.29) is 12.3 Å². The third-order valence-corrected chi connectivity index (χ3v) is 4.63. The van der Waals surface area contributed by atoms with Crippen LogP contribution in [-0.4, -0.2) is 27.7 Å². The molecule has 2 N–H and O–H groups in total. The fourth-order valence-electron chi connectivity index (χ4n) is 2.46. The second-order valence-electron chi connectivity index (χ2n) is 6.07. The molecule has 0 spiro atoms. The van der Waals surface area contributed by atoms with Crippen molar-refractivity contribution in [1.82, 2.24) is 10.6 Å². The number of benzene rings is 2. The van der Waals surface area contributed by atoms with Crippen molar-refractivity contribution in [3.05, 3.63) is 70.5 Å². The predicted molar refractivity (Wildman–Crippen MR) is 103 cm³/mol. The van der Waals surface area contributed by atoms with Crippen LogP contribution in [0.2, 0.25) is 0 Å². The van der Waals surface area contributed by atoms with Crippen molar-refractivity contribution in [3.63, 3.8) is 0 Å². The van der Waals surface area contributed by atoms with Gasteiger partial charge in [-0.2, -0.15) is 5.26 Å². The monoisotopic (exact) mass is 388 g/mol. The standard InChI is InChI=1S/C19H21FN4O2S/c1-22-19(23-11-15-5-3-14(10-21)4-6-15)24-12-17-9-18(20)8-7-16(17)13-27(2,25)26/h3-9H,11-13H2,1-2H3,(H2,22,23,24). The van der Waals surface area contributed by atoms with Crippen molar-refractivity contribution in [2.45, 2.75) is 18.8 Å². The summed E-state index contributed by atoms with van der Waals surface area (Å²) in [5, 5.41) is 15.0. The van der Waals surface area contributed by atoms with E-state index in [0.717, 1.165) is 11.8 Å². The summed E-state index contributed by atoms with van der Waals surface area (Å²) in [6, 6.07) is 13.3. The van der Waals surface area contributed by atoms with E-state index in [9.17, 15) is 12.8 Å². The van der Waals surface area contributed by atoms with Gasteiger partial charge < -0.3 is 10.6 Å². The number of sulfone groups is 1. The molecule has 0 aliphatic carbocycles. The van der Waals surface area contributed by atoms with E-state index in [1.54, 1.807) is 19.2 Å². The van der Waals surface area contributed by atoms with Gasteiger partial charge in [0.1, 0.15) is 5.82 Å². The van der Waals surface area contributed by atoms with Crippen LogP contribution in [0.1, 0.15) is 22.3 Å². The minimum atomic E-state index is -3.23. The average molecular weight is 388 g/mol. The fraction of sp³-hybridized carbons (Fsp3) is 0.263. The van der Waals surface area contributed by atoms with Gasteiger partial charge in [-0.15, -0.1) is 0 Å². The Balaban J connectivity index is 2.01. The molecule has 0 fully saturated rings. The Morgan fingerprint density at radius 2 is 1.78 bits per heavy atom. The van der Waals surface area contributed by atoms with Crippen LogP contribution in [0.15, 0.2) is 47.5 Å². The fourth-order valence-corrected chi connectivity index (χ4v) is 3.31. The molecule has 0 aliphatic heterocycles. The number of nitrogens with one attached hydrogen (secondary N) is 2. The number of nitriles is 1. The van der Waals surface area contributed by atoms with E-state index in [4.69, 9.17) is 5.26 Å². The van der Waals surface area contributed by atoms with Gasteiger partial charge in [0.2, 0.25) is 0 Å². The largest absolute Gasteiger partial charge is 0.352 e. The number of guanidine groups is 1. The maximum atomic E-state index is 13.6. The second kappa shape index (κ2) is 9.14. The maximum Gasteiger partial charge on any atom is 0.191 e. The lowest BCUT2D eigenvalue weighted by Crippen LogP contribution is -2.36. The Kier molecular flexibility index (Phi) is 6.91. The lowest BCUT2D eigenvalue weighted by atomic mass is 10.1. The molecule has 0 bridgehead atoms. The van der Waals surface area contributed by atoms with E-state index < -0.39 is 15.7 Å². The van der Waals surface area contributed by atoms with Gasteiger partial charge in [-0.3, -0.25) is 4.99 Å². The van der Waals surface area contributed by atoms with Crippen LogP contribution < -0.4 is 10.6 Å². The molecule has 142 valence electrons. The van der Waals surface area contributed by atoms with Crippen molar-refractivity contribution in [1.29, 1.82) is 5.26 Å². The van der Waals surface area contributed by atoms with Crippen molar-refractivity contribution >= 4 is 15.8 Å². The van der Waals surface area contributed by atoms with Gasteiger partial charge in [-0.25, -0.2) is 12.8 Å². The topological polar surface area (TPSA) is 94.3 Å². The molecule has 8 heteroatoms. The molecule has 2 aromatic rings. The number of hydrogen-bond donors (Lipinski definition) is 2. The van der Waals surface area contributed by atoms with Gasteiger partial charge in [0.25, 0.3) is 0 Å². The first-order valence-electron chi connectivity index (χ1n) is 8.19. The van der Waals surface area contributed by atoms with Crippen molar-refractivity contribution < 1.29 is 12.8 Å². The molecule has 2 rings (SSSR count). The van der Waals surface area contributed by atoms with E-state index in [0.29, 0.717) is 29.2 Å². The molecular formula is C19H21FN4O2S. The van der Waals surface area contributed by atoms with Gasteiger partial charge >= 0.3 is 0 Å². The minimum absolute atomic E-state index is 0.151. The zero-order chi connectivity index (χ0) is 19.9. The maximum absolute atomic E-state index is 13.6. The first-order valence-corrected chi connectivity index (χ1v) is 10.3. The van der Waals surface area contributed by atoms with Crippen LogP contribution in [-0.2, 0) is 28.7 Å². The highest BCUT2D eigenvalue weighted by atomic mass is 32.2. The molecular weight excluding hydrogens is 367 g/mol. The number of nitrogens with zero attached hydrogens (tertiary/aromatic N) is 2. The third-order valence-electron chi connectivity index (χ3n) is 3.80. The van der Waals surface area contributed by atoms with Crippen LogP contribution in [0, 0.1) is 17.1 Å². The highest BCUT2D eigenvalue weighted by Crippen LogP contribution is 2.14. The highest BCUT2D eigenvalue weighted by Gasteiger charge is 2.11. The van der Waals surface area contributed by atoms with E-state index in [1.807, 2.05) is 12.1 Å². The summed E-state index contributed by atoms with van der Waals surface area (Å²) in [5.74, 6) is -0.0832. The Labute approximate surface area is 158 Å². The summed E-state index contributed by atoms with van der Waals surface area (Å²) in [6.45, 7) is 0.723. The van der Waals surface area contributed by atoms with E-state index >= 15 is 0 Å². The zero-order valence-electron chi connectivity index (χ0n) is 15.2. The van der Waals surface area contributed by atoms with E-state index in [1.165, 1.54) is 18.2 Å². The SMILES string of the molecule is CN=C(NCc1ccc(C#N)cc1)NCc1cc(F)ccc1CS(C)(=O)=O. The summed E-state index contributed by atoms with van der Waals surface area (Å²) in [7, 11) is -1.62. The number of halogens is 1. The molecule has 0 saturated carbocycles. The average Bonchev–Trinajstić information content (AvgIpc) is 2.63. The molecule has 27 heavy (non-hydrogen) atoms. The van der Waals surface area contributed by atoms with Gasteiger partial charge in [0.15, 0.2) is 15.8 Å². The molecule has 6 nitrogen and oxygen atoms in total. The normalized spacial score (nSPS) is 11.7. The predicted octanol–water partition coefficient (Wildman–Crippen LogP) is 2.11. The van der Waals surface area contributed by atoms with Crippen LogP contribution in [0.25, 0.3) is 0 Å². The van der Waals surface area contributed by atoms with Gasteiger partial charge in [-0.1, -0.05) is 18.2 Å². The van der Waals surface area contributed by atoms with Gasteiger partial charge in [0, 0.05) is 26.4 Å². The zero-order valence-corrected chi connectivity index (χ0v) is 16.0. The molecule has 0 aliphatic rings. The summed E-state index contributed by atoms with van der Waals surface area (Å²) in [4.78, 5) is 4.11. The Bertz CT molecular complexity index is 964. The third kappa shape index (κ3) is 6.72. The Morgan fingerprint density at radius 3 is 2.37 bits per heavy atom. The van der Waals surface area contributed by atoms with Crippen molar-refractivity contribution in [3.8, 4) is 6.07 Å². The smallest absolute Gasteiger partial charge is 0.191 e. The molecule has 0 aromatic heterocycles. The first kappa shape index (κ1) is 20.4. The Hall–Kier alpha value is -2.92. The first-order chi connectivity index (χ1) is 12.8. The van der Waals surface area contributed by atoms with Gasteiger partial charge in [-0.05, 0) is 41.0 Å². The summed E-state index contributed by atoms with van der Waals surface area (Å²) in [6.07, 6.45) is 1.14. The number of aliphatic imine (C=N–C) groups is 1.